The predicted molar refractivity (Wildman–Crippen MR) is 55.6 cm³/mol. The minimum absolute atomic E-state index is 0.175. The van der Waals surface area contributed by atoms with Crippen molar-refractivity contribution in [3.05, 3.63) is 16.1 Å². The Hall–Kier alpha value is -1.67. The summed E-state index contributed by atoms with van der Waals surface area (Å²) in [6, 6.07) is 0. The van der Waals surface area contributed by atoms with E-state index in [2.05, 4.69) is 16.8 Å². The maximum absolute atomic E-state index is 11.2. The molecule has 1 heterocycles. The fraction of sp³-hybridized carbons (Fsp3) is 0.300. The van der Waals surface area contributed by atoms with Gasteiger partial charge in [-0.25, -0.2) is 9.78 Å². The lowest BCUT2D eigenvalue weighted by atomic mass is 10.4. The molecule has 0 N–H and O–H groups in total. The number of aromatic nitrogens is 1. The van der Waals surface area contributed by atoms with Crippen molar-refractivity contribution in [2.24, 2.45) is 0 Å². The first-order chi connectivity index (χ1) is 7.27. The lowest BCUT2D eigenvalue weighted by Crippen LogP contribution is -2.04. The standard InChI is InChI=1S/C10H9NO3S/c1-2-14-10(13)8-7-15-9(11-8)5-3-4-6-12/h6-7H,2,4H2,1H3. The summed E-state index contributed by atoms with van der Waals surface area (Å²) in [4.78, 5) is 25.2. The van der Waals surface area contributed by atoms with Crippen LogP contribution in [0.1, 0.15) is 28.8 Å². The molecule has 0 saturated carbocycles. The van der Waals surface area contributed by atoms with E-state index in [4.69, 9.17) is 4.74 Å². The molecule has 0 atom stereocenters. The molecular weight excluding hydrogens is 214 g/mol. The van der Waals surface area contributed by atoms with Crippen molar-refractivity contribution in [2.45, 2.75) is 13.3 Å². The number of ether oxygens (including phenoxy) is 1. The highest BCUT2D eigenvalue weighted by Gasteiger charge is 2.09. The third-order valence-electron chi connectivity index (χ3n) is 1.37. The summed E-state index contributed by atoms with van der Waals surface area (Å²) in [5.41, 5.74) is 0.261. The Morgan fingerprint density at radius 3 is 3.20 bits per heavy atom. The second-order valence-electron chi connectivity index (χ2n) is 2.43. The minimum Gasteiger partial charge on any atom is -0.461 e. The molecule has 0 aromatic carbocycles. The van der Waals surface area contributed by atoms with Crippen LogP contribution in [0.15, 0.2) is 5.38 Å². The zero-order chi connectivity index (χ0) is 11.1. The molecule has 0 fully saturated rings. The van der Waals surface area contributed by atoms with Gasteiger partial charge in [-0.1, -0.05) is 5.92 Å². The van der Waals surface area contributed by atoms with Crippen molar-refractivity contribution in [3.63, 3.8) is 0 Å². The van der Waals surface area contributed by atoms with Crippen molar-refractivity contribution >= 4 is 23.6 Å². The highest BCUT2D eigenvalue weighted by Crippen LogP contribution is 2.09. The number of aldehydes is 1. The van der Waals surface area contributed by atoms with Gasteiger partial charge >= 0.3 is 5.97 Å². The number of hydrogen-bond donors (Lipinski definition) is 0. The molecule has 4 nitrogen and oxygen atoms in total. The summed E-state index contributed by atoms with van der Waals surface area (Å²) in [6.45, 7) is 2.05. The Bertz CT molecular complexity index is 414. The van der Waals surface area contributed by atoms with Gasteiger partial charge in [0.25, 0.3) is 0 Å². The van der Waals surface area contributed by atoms with Gasteiger partial charge in [0.1, 0.15) is 6.29 Å². The molecule has 0 aliphatic heterocycles. The van der Waals surface area contributed by atoms with Crippen LogP contribution in [-0.2, 0) is 9.53 Å². The minimum atomic E-state index is -0.447. The normalized spacial score (nSPS) is 8.87. The molecule has 1 rings (SSSR count). The van der Waals surface area contributed by atoms with Crippen molar-refractivity contribution < 1.29 is 14.3 Å². The summed E-state index contributed by atoms with van der Waals surface area (Å²) in [7, 11) is 0. The quantitative estimate of drug-likeness (QED) is 0.440. The second kappa shape index (κ2) is 5.94. The lowest BCUT2D eigenvalue weighted by molar-refractivity contribution is -0.107. The second-order valence-corrected chi connectivity index (χ2v) is 3.29. The summed E-state index contributed by atoms with van der Waals surface area (Å²) >= 11 is 1.25. The van der Waals surface area contributed by atoms with Gasteiger partial charge in [-0.2, -0.15) is 0 Å². The van der Waals surface area contributed by atoms with Crippen molar-refractivity contribution in [1.29, 1.82) is 0 Å². The fourth-order valence-electron chi connectivity index (χ4n) is 0.798. The summed E-state index contributed by atoms with van der Waals surface area (Å²) in [5, 5.41) is 2.10. The van der Waals surface area contributed by atoms with Gasteiger partial charge in [0.15, 0.2) is 10.7 Å². The van der Waals surface area contributed by atoms with Gasteiger partial charge in [-0.05, 0) is 12.8 Å². The molecule has 1 aromatic rings. The van der Waals surface area contributed by atoms with E-state index in [-0.39, 0.29) is 12.1 Å². The molecule has 78 valence electrons. The number of nitrogens with zero attached hydrogens (tertiary/aromatic N) is 1. The van der Waals surface area contributed by atoms with Crippen LogP contribution < -0.4 is 0 Å². The van der Waals surface area contributed by atoms with Crippen LogP contribution >= 0.6 is 11.3 Å². The molecule has 1 aromatic heterocycles. The molecule has 0 bridgehead atoms. The smallest absolute Gasteiger partial charge is 0.357 e. The van der Waals surface area contributed by atoms with Gasteiger partial charge < -0.3 is 9.53 Å². The summed E-state index contributed by atoms with van der Waals surface area (Å²) in [5.74, 6) is 4.85. The third-order valence-corrected chi connectivity index (χ3v) is 2.13. The molecule has 0 unspecified atom stereocenters. The van der Waals surface area contributed by atoms with Gasteiger partial charge in [-0.3, -0.25) is 0 Å². The Kier molecular flexibility index (Phi) is 4.51. The van der Waals surface area contributed by atoms with Gasteiger partial charge in [0.05, 0.1) is 13.0 Å². The maximum atomic E-state index is 11.2. The van der Waals surface area contributed by atoms with E-state index in [9.17, 15) is 9.59 Å². The third kappa shape index (κ3) is 3.52. The fourth-order valence-corrected chi connectivity index (χ4v) is 1.45. The molecule has 0 aliphatic rings. The first-order valence-corrected chi connectivity index (χ1v) is 5.21. The van der Waals surface area contributed by atoms with Crippen molar-refractivity contribution in [3.8, 4) is 11.8 Å². The Labute approximate surface area is 91.3 Å². The largest absolute Gasteiger partial charge is 0.461 e. The predicted octanol–water partition coefficient (Wildman–Crippen LogP) is 1.26. The van der Waals surface area contributed by atoms with E-state index in [1.807, 2.05) is 0 Å². The number of carbonyl (C=O) groups excluding carboxylic acids is 2. The SMILES string of the molecule is CCOC(=O)c1csc(C#CCC=O)n1. The number of rotatable bonds is 3. The van der Waals surface area contributed by atoms with Crippen LogP contribution in [0.25, 0.3) is 0 Å². The zero-order valence-corrected chi connectivity index (χ0v) is 8.97. The summed E-state index contributed by atoms with van der Waals surface area (Å²) in [6.07, 6.45) is 0.890. The Balaban J connectivity index is 2.68. The first-order valence-electron chi connectivity index (χ1n) is 4.33. The Morgan fingerprint density at radius 1 is 1.73 bits per heavy atom. The molecule has 0 amide bonds. The highest BCUT2D eigenvalue weighted by molar-refractivity contribution is 7.10. The lowest BCUT2D eigenvalue weighted by Gasteiger charge is -1.95. The molecular formula is C10H9NO3S. The first kappa shape index (κ1) is 11.4. The molecule has 0 saturated heterocycles. The van der Waals surface area contributed by atoms with Gasteiger partial charge in [-0.15, -0.1) is 11.3 Å². The number of hydrogen-bond acceptors (Lipinski definition) is 5. The monoisotopic (exact) mass is 223 g/mol. The van der Waals surface area contributed by atoms with Crippen molar-refractivity contribution in [2.75, 3.05) is 6.61 Å². The zero-order valence-electron chi connectivity index (χ0n) is 8.15. The average molecular weight is 223 g/mol. The molecule has 0 aliphatic carbocycles. The molecule has 5 heteroatoms. The van der Waals surface area contributed by atoms with Crippen molar-refractivity contribution in [1.82, 2.24) is 4.98 Å². The van der Waals surface area contributed by atoms with Crippen LogP contribution in [0.3, 0.4) is 0 Å². The molecule has 0 radical (unpaired) electrons. The number of carbonyl (C=O) groups is 2. The van der Waals surface area contributed by atoms with Crippen LogP contribution in [-0.4, -0.2) is 23.8 Å². The van der Waals surface area contributed by atoms with E-state index in [0.717, 1.165) is 0 Å². The molecule has 15 heavy (non-hydrogen) atoms. The van der Waals surface area contributed by atoms with E-state index in [1.54, 1.807) is 12.3 Å². The average Bonchev–Trinajstić information content (AvgIpc) is 2.67. The number of thiazole rings is 1. The number of esters is 1. The van der Waals surface area contributed by atoms with Crippen LogP contribution in [0.5, 0.6) is 0 Å². The Morgan fingerprint density at radius 2 is 2.53 bits per heavy atom. The molecule has 0 spiro atoms. The van der Waals surface area contributed by atoms with Crippen LogP contribution in [0.4, 0.5) is 0 Å². The van der Waals surface area contributed by atoms with E-state index in [1.165, 1.54) is 11.3 Å². The van der Waals surface area contributed by atoms with Gasteiger partial charge in [0, 0.05) is 5.38 Å². The summed E-state index contributed by atoms with van der Waals surface area (Å²) < 4.78 is 4.77. The van der Waals surface area contributed by atoms with E-state index >= 15 is 0 Å². The van der Waals surface area contributed by atoms with Crippen LogP contribution in [0, 0.1) is 11.8 Å². The maximum Gasteiger partial charge on any atom is 0.357 e. The highest BCUT2D eigenvalue weighted by atomic mass is 32.1. The van der Waals surface area contributed by atoms with Gasteiger partial charge in [0.2, 0.25) is 0 Å². The van der Waals surface area contributed by atoms with Crippen LogP contribution in [0.2, 0.25) is 0 Å². The topological polar surface area (TPSA) is 56.3 Å². The van der Waals surface area contributed by atoms with E-state index in [0.29, 0.717) is 17.9 Å². The van der Waals surface area contributed by atoms with E-state index < -0.39 is 5.97 Å².